The summed E-state index contributed by atoms with van der Waals surface area (Å²) in [5, 5.41) is 8.73. The number of rotatable bonds is 9. The van der Waals surface area contributed by atoms with Crippen molar-refractivity contribution in [3.63, 3.8) is 0 Å². The normalized spacial score (nSPS) is 12.6. The average molecular weight is 441 g/mol. The molecule has 0 aliphatic carbocycles. The van der Waals surface area contributed by atoms with E-state index in [4.69, 9.17) is 10.2 Å². The Kier molecular flexibility index (Phi) is 7.00. The highest BCUT2D eigenvalue weighted by Gasteiger charge is 2.23. The molecule has 0 saturated carbocycles. The molecule has 1 atom stereocenters. The summed E-state index contributed by atoms with van der Waals surface area (Å²) < 4.78 is 7.33. The van der Waals surface area contributed by atoms with Crippen molar-refractivity contribution in [2.24, 2.45) is 5.73 Å². The van der Waals surface area contributed by atoms with E-state index in [9.17, 15) is 9.59 Å². The van der Waals surface area contributed by atoms with Crippen LogP contribution in [0, 0.1) is 0 Å². The molecule has 1 unspecified atom stereocenters. The molecule has 0 radical (unpaired) electrons. The van der Waals surface area contributed by atoms with Gasteiger partial charge < -0.3 is 10.2 Å². The number of Topliss-reactive ketones (excluding diaryl/α,β-unsaturated/α-hetero) is 1. The van der Waals surface area contributed by atoms with Crippen LogP contribution in [-0.4, -0.2) is 31.7 Å². The maximum Gasteiger partial charge on any atom is 0.217 e. The van der Waals surface area contributed by atoms with Crippen LogP contribution in [0.2, 0.25) is 0 Å². The molecule has 8 heteroatoms. The van der Waals surface area contributed by atoms with Crippen molar-refractivity contribution in [3.8, 4) is 0 Å². The van der Waals surface area contributed by atoms with Crippen LogP contribution >= 0.6 is 11.8 Å². The van der Waals surface area contributed by atoms with Crippen molar-refractivity contribution < 1.29 is 14.0 Å². The number of primary amides is 1. The second-order valence-electron chi connectivity index (χ2n) is 8.48. The molecule has 3 aromatic rings. The number of carbonyl (C=O) groups excluding carboxylic acids is 2. The molecule has 31 heavy (non-hydrogen) atoms. The Hall–Kier alpha value is -2.87. The fraction of sp³-hybridized carbons (Fsp3) is 0.391. The summed E-state index contributed by atoms with van der Waals surface area (Å²) in [4.78, 5) is 24.2. The molecule has 1 amide bonds. The van der Waals surface area contributed by atoms with Crippen molar-refractivity contribution in [1.82, 2.24) is 14.8 Å². The van der Waals surface area contributed by atoms with Gasteiger partial charge in [0.1, 0.15) is 11.6 Å². The molecular weight excluding hydrogens is 412 g/mol. The number of furan rings is 1. The third kappa shape index (κ3) is 5.85. The lowest BCUT2D eigenvalue weighted by Crippen LogP contribution is -2.17. The van der Waals surface area contributed by atoms with E-state index in [1.807, 2.05) is 47.9 Å². The van der Waals surface area contributed by atoms with Crippen molar-refractivity contribution in [2.75, 3.05) is 0 Å². The van der Waals surface area contributed by atoms with Crippen LogP contribution in [0.1, 0.15) is 61.6 Å². The summed E-state index contributed by atoms with van der Waals surface area (Å²) in [6.07, 6.45) is 2.15. The minimum Gasteiger partial charge on any atom is -0.467 e. The van der Waals surface area contributed by atoms with E-state index in [1.54, 1.807) is 6.26 Å². The number of nitrogens with two attached hydrogens (primary N) is 1. The number of nitrogens with zero attached hydrogens (tertiary/aromatic N) is 3. The first kappa shape index (κ1) is 22.8. The zero-order valence-electron chi connectivity index (χ0n) is 18.3. The molecule has 2 aromatic heterocycles. The highest BCUT2D eigenvalue weighted by atomic mass is 32.2. The predicted octanol–water partition coefficient (Wildman–Crippen LogP) is 4.00. The van der Waals surface area contributed by atoms with Gasteiger partial charge in [-0.2, -0.15) is 0 Å². The number of aryl methyl sites for hydroxylation is 1. The van der Waals surface area contributed by atoms with Crippen LogP contribution < -0.4 is 5.73 Å². The molecule has 2 N–H and O–H groups in total. The van der Waals surface area contributed by atoms with Crippen LogP contribution in [0.3, 0.4) is 0 Å². The number of carbonyl (C=O) groups is 2. The average Bonchev–Trinajstić information content (AvgIpc) is 3.36. The quantitative estimate of drug-likeness (QED) is 0.398. The zero-order valence-corrected chi connectivity index (χ0v) is 19.1. The van der Waals surface area contributed by atoms with E-state index in [2.05, 4.69) is 31.0 Å². The summed E-state index contributed by atoms with van der Waals surface area (Å²) in [7, 11) is 0. The Labute approximate surface area is 186 Å². The van der Waals surface area contributed by atoms with Crippen LogP contribution in [0.25, 0.3) is 0 Å². The smallest absolute Gasteiger partial charge is 0.217 e. The number of benzene rings is 1. The van der Waals surface area contributed by atoms with Crippen molar-refractivity contribution in [3.05, 3.63) is 65.4 Å². The standard InChI is InChI=1S/C23H28N4O3S/c1-15(21(29)16-7-9-17(10-8-16)23(2,3)4)31-22-26-25-20(12-11-19(24)28)27(22)14-18-6-5-13-30-18/h5-10,13,15H,11-12,14H2,1-4H3,(H2,24,28). The molecule has 0 aliphatic heterocycles. The van der Waals surface area contributed by atoms with Gasteiger partial charge in [-0.25, -0.2) is 0 Å². The maximum absolute atomic E-state index is 13.0. The lowest BCUT2D eigenvalue weighted by molar-refractivity contribution is -0.118. The second-order valence-corrected chi connectivity index (χ2v) is 9.79. The Morgan fingerprint density at radius 2 is 1.87 bits per heavy atom. The Morgan fingerprint density at radius 1 is 1.16 bits per heavy atom. The number of ketones is 1. The van der Waals surface area contributed by atoms with Gasteiger partial charge in [0.2, 0.25) is 5.91 Å². The van der Waals surface area contributed by atoms with Gasteiger partial charge in [-0.1, -0.05) is 56.8 Å². The molecular formula is C23H28N4O3S. The van der Waals surface area contributed by atoms with E-state index in [1.165, 1.54) is 17.3 Å². The van der Waals surface area contributed by atoms with E-state index >= 15 is 0 Å². The molecule has 0 spiro atoms. The van der Waals surface area contributed by atoms with Crippen molar-refractivity contribution in [1.29, 1.82) is 0 Å². The van der Waals surface area contributed by atoms with Gasteiger partial charge in [0.15, 0.2) is 10.9 Å². The topological polar surface area (TPSA) is 104 Å². The molecule has 7 nitrogen and oxygen atoms in total. The van der Waals surface area contributed by atoms with E-state index < -0.39 is 5.91 Å². The number of thioether (sulfide) groups is 1. The number of hydrogen-bond donors (Lipinski definition) is 1. The molecule has 2 heterocycles. The number of amides is 1. The molecule has 164 valence electrons. The monoisotopic (exact) mass is 440 g/mol. The van der Waals surface area contributed by atoms with Crippen molar-refractivity contribution >= 4 is 23.5 Å². The first-order valence-electron chi connectivity index (χ1n) is 10.2. The van der Waals surface area contributed by atoms with Crippen molar-refractivity contribution in [2.45, 2.75) is 62.9 Å². The Morgan fingerprint density at radius 3 is 2.45 bits per heavy atom. The fourth-order valence-corrected chi connectivity index (χ4v) is 4.07. The number of hydrogen-bond acceptors (Lipinski definition) is 6. The second kappa shape index (κ2) is 9.51. The van der Waals surface area contributed by atoms with Gasteiger partial charge in [0, 0.05) is 18.4 Å². The van der Waals surface area contributed by atoms with Gasteiger partial charge in [0.25, 0.3) is 0 Å². The fourth-order valence-electron chi connectivity index (χ4n) is 3.12. The minimum atomic E-state index is -0.399. The summed E-state index contributed by atoms with van der Waals surface area (Å²) >= 11 is 1.34. The Bertz CT molecular complexity index is 1030. The summed E-state index contributed by atoms with van der Waals surface area (Å²) in [5.41, 5.74) is 7.17. The molecule has 0 saturated heterocycles. The van der Waals surface area contributed by atoms with Gasteiger partial charge in [-0.15, -0.1) is 10.2 Å². The SMILES string of the molecule is CC(Sc1nnc(CCC(N)=O)n1Cc1ccco1)C(=O)c1ccc(C(C)(C)C)cc1. The minimum absolute atomic E-state index is 0.0247. The van der Waals surface area contributed by atoms with Crippen LogP contribution in [0.5, 0.6) is 0 Å². The summed E-state index contributed by atoms with van der Waals surface area (Å²) in [5.74, 6) is 0.992. The van der Waals surface area contributed by atoms with Gasteiger partial charge in [-0.05, 0) is 30.0 Å². The molecule has 1 aromatic carbocycles. The molecule has 3 rings (SSSR count). The Balaban J connectivity index is 1.78. The van der Waals surface area contributed by atoms with Crippen LogP contribution in [0.15, 0.2) is 52.2 Å². The zero-order chi connectivity index (χ0) is 22.6. The molecule has 0 fully saturated rings. The summed E-state index contributed by atoms with van der Waals surface area (Å²) in [6, 6.07) is 11.4. The molecule has 0 bridgehead atoms. The van der Waals surface area contributed by atoms with Gasteiger partial charge in [-0.3, -0.25) is 14.2 Å². The maximum atomic E-state index is 13.0. The van der Waals surface area contributed by atoms with Gasteiger partial charge >= 0.3 is 0 Å². The number of aromatic nitrogens is 3. The third-order valence-electron chi connectivity index (χ3n) is 4.97. The van der Waals surface area contributed by atoms with Crippen LogP contribution in [-0.2, 0) is 23.2 Å². The van der Waals surface area contributed by atoms with Crippen LogP contribution in [0.4, 0.5) is 0 Å². The van der Waals surface area contributed by atoms with E-state index in [0.717, 1.165) is 5.76 Å². The van der Waals surface area contributed by atoms with Gasteiger partial charge in [0.05, 0.1) is 18.1 Å². The predicted molar refractivity (Wildman–Crippen MR) is 120 cm³/mol. The first-order chi connectivity index (χ1) is 14.6. The van der Waals surface area contributed by atoms with E-state index in [-0.39, 0.29) is 22.9 Å². The summed E-state index contributed by atoms with van der Waals surface area (Å²) in [6.45, 7) is 8.70. The highest BCUT2D eigenvalue weighted by molar-refractivity contribution is 8.00. The lowest BCUT2D eigenvalue weighted by atomic mass is 9.86. The lowest BCUT2D eigenvalue weighted by Gasteiger charge is -2.19. The van der Waals surface area contributed by atoms with E-state index in [0.29, 0.717) is 29.5 Å². The molecule has 0 aliphatic rings. The third-order valence-corrected chi connectivity index (χ3v) is 6.05. The largest absolute Gasteiger partial charge is 0.467 e. The first-order valence-corrected chi connectivity index (χ1v) is 11.1. The highest BCUT2D eigenvalue weighted by Crippen LogP contribution is 2.28.